The topological polar surface area (TPSA) is 38.3 Å². The predicted molar refractivity (Wildman–Crippen MR) is 80.9 cm³/mol. The van der Waals surface area contributed by atoms with Gasteiger partial charge in [-0.1, -0.05) is 12.1 Å². The van der Waals surface area contributed by atoms with E-state index in [1.54, 1.807) is 18.2 Å². The number of halogens is 3. The first-order valence-corrected chi connectivity index (χ1v) is 6.77. The molecule has 0 atom stereocenters. The van der Waals surface area contributed by atoms with E-state index in [0.29, 0.717) is 28.1 Å². The highest BCUT2D eigenvalue weighted by molar-refractivity contribution is 6.35. The number of rotatable bonds is 2. The minimum absolute atomic E-state index is 0.314. The standard InChI is InChI=1S/C17H12F3NO2/c1-23-12-5-6-13-14(16(22)21-15(13)9-12)8-10-3-2-4-11(7-10)17(18,19)20/h2-9H,1H3,(H,21,22)/b14-8+. The zero-order valence-corrected chi connectivity index (χ0v) is 12.1. The Balaban J connectivity index is 2.03. The van der Waals surface area contributed by atoms with E-state index in [1.807, 2.05) is 0 Å². The van der Waals surface area contributed by atoms with Crippen LogP contribution in [0.25, 0.3) is 11.6 Å². The molecule has 23 heavy (non-hydrogen) atoms. The molecule has 2 aromatic carbocycles. The maximum absolute atomic E-state index is 12.8. The van der Waals surface area contributed by atoms with Crippen molar-refractivity contribution in [3.05, 3.63) is 59.2 Å². The van der Waals surface area contributed by atoms with Gasteiger partial charge in [0, 0.05) is 17.2 Å². The molecule has 2 aromatic rings. The summed E-state index contributed by atoms with van der Waals surface area (Å²) in [7, 11) is 1.51. The van der Waals surface area contributed by atoms with Gasteiger partial charge in [0.25, 0.3) is 5.91 Å². The van der Waals surface area contributed by atoms with Crippen LogP contribution in [0.1, 0.15) is 16.7 Å². The summed E-state index contributed by atoms with van der Waals surface area (Å²) < 4.78 is 43.4. The number of alkyl halides is 3. The second-order valence-corrected chi connectivity index (χ2v) is 5.05. The molecule has 1 amide bonds. The molecular weight excluding hydrogens is 307 g/mol. The van der Waals surface area contributed by atoms with Crippen LogP contribution in [0.4, 0.5) is 18.9 Å². The largest absolute Gasteiger partial charge is 0.497 e. The molecule has 1 aliphatic rings. The van der Waals surface area contributed by atoms with Crippen LogP contribution in [-0.4, -0.2) is 13.0 Å². The Bertz CT molecular complexity index is 810. The summed E-state index contributed by atoms with van der Waals surface area (Å²) in [4.78, 5) is 12.1. The Morgan fingerprint density at radius 2 is 1.91 bits per heavy atom. The first-order valence-electron chi connectivity index (χ1n) is 6.77. The van der Waals surface area contributed by atoms with Crippen LogP contribution in [0, 0.1) is 0 Å². The Morgan fingerprint density at radius 1 is 1.13 bits per heavy atom. The lowest BCUT2D eigenvalue weighted by Gasteiger charge is -2.07. The van der Waals surface area contributed by atoms with Gasteiger partial charge in [0.2, 0.25) is 0 Å². The summed E-state index contributed by atoms with van der Waals surface area (Å²) >= 11 is 0. The van der Waals surface area contributed by atoms with Gasteiger partial charge in [-0.2, -0.15) is 13.2 Å². The highest BCUT2D eigenvalue weighted by Crippen LogP contribution is 2.36. The van der Waals surface area contributed by atoms with E-state index in [9.17, 15) is 18.0 Å². The number of ether oxygens (including phenoxy) is 1. The first-order chi connectivity index (χ1) is 10.9. The summed E-state index contributed by atoms with van der Waals surface area (Å²) in [5.41, 5.74) is 1.09. The van der Waals surface area contributed by atoms with Crippen molar-refractivity contribution in [1.29, 1.82) is 0 Å². The molecule has 1 aliphatic heterocycles. The van der Waals surface area contributed by atoms with Gasteiger partial charge < -0.3 is 10.1 Å². The van der Waals surface area contributed by atoms with Crippen molar-refractivity contribution in [3.63, 3.8) is 0 Å². The second kappa shape index (κ2) is 5.46. The van der Waals surface area contributed by atoms with E-state index in [-0.39, 0.29) is 5.91 Å². The van der Waals surface area contributed by atoms with Crippen LogP contribution in [-0.2, 0) is 11.0 Å². The van der Waals surface area contributed by atoms with Crippen LogP contribution in [0.3, 0.4) is 0 Å². The number of amides is 1. The highest BCUT2D eigenvalue weighted by atomic mass is 19.4. The number of benzene rings is 2. The van der Waals surface area contributed by atoms with Crippen LogP contribution < -0.4 is 10.1 Å². The number of methoxy groups -OCH3 is 1. The third kappa shape index (κ3) is 2.92. The van der Waals surface area contributed by atoms with Crippen molar-refractivity contribution < 1.29 is 22.7 Å². The van der Waals surface area contributed by atoms with Gasteiger partial charge in [0.05, 0.1) is 18.4 Å². The SMILES string of the molecule is COc1ccc2c(c1)NC(=O)/C2=C/c1cccc(C(F)(F)F)c1. The van der Waals surface area contributed by atoms with E-state index in [4.69, 9.17) is 4.74 Å². The molecule has 0 saturated carbocycles. The Hall–Kier alpha value is -2.76. The molecular formula is C17H12F3NO2. The number of carbonyl (C=O) groups is 1. The monoisotopic (exact) mass is 319 g/mol. The molecule has 0 bridgehead atoms. The van der Waals surface area contributed by atoms with E-state index < -0.39 is 11.7 Å². The molecule has 1 heterocycles. The Kier molecular flexibility index (Phi) is 3.60. The number of nitrogens with one attached hydrogen (secondary N) is 1. The van der Waals surface area contributed by atoms with Gasteiger partial charge in [0.15, 0.2) is 0 Å². The molecule has 3 rings (SSSR count). The Morgan fingerprint density at radius 3 is 2.61 bits per heavy atom. The van der Waals surface area contributed by atoms with Gasteiger partial charge in [-0.3, -0.25) is 4.79 Å². The van der Waals surface area contributed by atoms with E-state index in [0.717, 1.165) is 12.1 Å². The van der Waals surface area contributed by atoms with E-state index in [2.05, 4.69) is 5.32 Å². The maximum atomic E-state index is 12.8. The molecule has 1 N–H and O–H groups in total. The highest BCUT2D eigenvalue weighted by Gasteiger charge is 2.30. The molecule has 118 valence electrons. The number of hydrogen-bond acceptors (Lipinski definition) is 2. The smallest absolute Gasteiger partial charge is 0.416 e. The van der Waals surface area contributed by atoms with Gasteiger partial charge in [-0.25, -0.2) is 0 Å². The van der Waals surface area contributed by atoms with Crippen molar-refractivity contribution in [1.82, 2.24) is 0 Å². The molecule has 0 fully saturated rings. The summed E-state index contributed by atoms with van der Waals surface area (Å²) in [6.45, 7) is 0. The van der Waals surface area contributed by atoms with Crippen molar-refractivity contribution in [2.45, 2.75) is 6.18 Å². The normalized spacial score (nSPS) is 15.5. The third-order valence-electron chi connectivity index (χ3n) is 3.53. The lowest BCUT2D eigenvalue weighted by molar-refractivity contribution is -0.137. The van der Waals surface area contributed by atoms with Crippen LogP contribution in [0.5, 0.6) is 5.75 Å². The fourth-order valence-electron chi connectivity index (χ4n) is 2.42. The maximum Gasteiger partial charge on any atom is 0.416 e. The van der Waals surface area contributed by atoms with Crippen LogP contribution in [0.15, 0.2) is 42.5 Å². The molecule has 6 heteroatoms. The first kappa shape index (κ1) is 15.1. The number of carbonyl (C=O) groups excluding carboxylic acids is 1. The lowest BCUT2D eigenvalue weighted by atomic mass is 10.0. The van der Waals surface area contributed by atoms with Crippen LogP contribution >= 0.6 is 0 Å². The van der Waals surface area contributed by atoms with Gasteiger partial charge in [-0.05, 0) is 35.9 Å². The molecule has 0 unspecified atom stereocenters. The quantitative estimate of drug-likeness (QED) is 0.842. The molecule has 0 saturated heterocycles. The predicted octanol–water partition coefficient (Wildman–Crippen LogP) is 4.21. The molecule has 0 spiro atoms. The molecule has 3 nitrogen and oxygen atoms in total. The summed E-state index contributed by atoms with van der Waals surface area (Å²) in [6.07, 6.45) is -2.97. The zero-order valence-electron chi connectivity index (χ0n) is 12.1. The van der Waals surface area contributed by atoms with E-state index >= 15 is 0 Å². The summed E-state index contributed by atoms with van der Waals surface area (Å²) in [5.74, 6) is 0.232. The average Bonchev–Trinajstić information content (AvgIpc) is 2.82. The Labute approximate surface area is 130 Å². The van der Waals surface area contributed by atoms with Crippen molar-refractivity contribution >= 4 is 23.2 Å². The number of fused-ring (bicyclic) bond motifs is 1. The van der Waals surface area contributed by atoms with Gasteiger partial charge in [0.1, 0.15) is 5.75 Å². The second-order valence-electron chi connectivity index (χ2n) is 5.05. The average molecular weight is 319 g/mol. The van der Waals surface area contributed by atoms with Crippen molar-refractivity contribution in [3.8, 4) is 5.75 Å². The number of anilines is 1. The van der Waals surface area contributed by atoms with Gasteiger partial charge in [-0.15, -0.1) is 0 Å². The fourth-order valence-corrected chi connectivity index (χ4v) is 2.42. The third-order valence-corrected chi connectivity index (χ3v) is 3.53. The number of hydrogen-bond donors (Lipinski definition) is 1. The summed E-state index contributed by atoms with van der Waals surface area (Å²) in [5, 5.41) is 2.68. The van der Waals surface area contributed by atoms with Crippen molar-refractivity contribution in [2.75, 3.05) is 12.4 Å². The minimum Gasteiger partial charge on any atom is -0.497 e. The van der Waals surface area contributed by atoms with Gasteiger partial charge >= 0.3 is 6.18 Å². The summed E-state index contributed by atoms with van der Waals surface area (Å²) in [6, 6.07) is 9.91. The molecule has 0 aliphatic carbocycles. The minimum atomic E-state index is -4.42. The molecule has 0 aromatic heterocycles. The van der Waals surface area contributed by atoms with E-state index in [1.165, 1.54) is 25.3 Å². The van der Waals surface area contributed by atoms with Crippen LogP contribution in [0.2, 0.25) is 0 Å². The van der Waals surface area contributed by atoms with Crippen molar-refractivity contribution in [2.24, 2.45) is 0 Å². The molecule has 0 radical (unpaired) electrons. The fraction of sp³-hybridized carbons (Fsp3) is 0.118. The zero-order chi connectivity index (χ0) is 16.6. The lowest BCUT2D eigenvalue weighted by Crippen LogP contribution is -2.05.